The van der Waals surface area contributed by atoms with Gasteiger partial charge in [-0.3, -0.25) is 14.9 Å². The molecule has 0 saturated heterocycles. The standard InChI is InChI=1S/C23H23ClN4OS/c1-3-6-19-21(15(2)25-14-13-16-9-11-17(24)12-10-16)22(29)28(27-19)23-26-18-7-4-5-8-20(18)30-23/h4-5,7-12,27H,3,6,13-14H2,1-2H3. The molecule has 30 heavy (non-hydrogen) atoms. The molecule has 0 spiro atoms. The number of aromatic amines is 1. The normalized spacial score (nSPS) is 12.0. The molecule has 0 unspecified atom stereocenters. The van der Waals surface area contributed by atoms with E-state index in [0.717, 1.165) is 45.9 Å². The number of halogens is 1. The molecule has 2 aromatic heterocycles. The molecule has 0 bridgehead atoms. The number of nitrogens with zero attached hydrogens (tertiary/aromatic N) is 3. The van der Waals surface area contributed by atoms with E-state index in [1.807, 2.05) is 55.5 Å². The Labute approximate surface area is 184 Å². The summed E-state index contributed by atoms with van der Waals surface area (Å²) in [5.74, 6) is 0. The molecule has 0 saturated carbocycles. The number of aromatic nitrogens is 3. The lowest BCUT2D eigenvalue weighted by Gasteiger charge is -2.02. The zero-order valence-electron chi connectivity index (χ0n) is 17.0. The molecule has 2 aromatic carbocycles. The third kappa shape index (κ3) is 4.25. The van der Waals surface area contributed by atoms with E-state index >= 15 is 0 Å². The van der Waals surface area contributed by atoms with Gasteiger partial charge < -0.3 is 0 Å². The van der Waals surface area contributed by atoms with Crippen molar-refractivity contribution in [3.8, 4) is 5.13 Å². The van der Waals surface area contributed by atoms with Crippen LogP contribution in [0.5, 0.6) is 0 Å². The highest BCUT2D eigenvalue weighted by Gasteiger charge is 2.19. The van der Waals surface area contributed by atoms with Crippen molar-refractivity contribution in [2.75, 3.05) is 6.54 Å². The zero-order valence-corrected chi connectivity index (χ0v) is 18.6. The van der Waals surface area contributed by atoms with Crippen LogP contribution in [0.25, 0.3) is 15.3 Å². The molecule has 7 heteroatoms. The molecule has 0 aliphatic heterocycles. The molecule has 4 rings (SSSR count). The van der Waals surface area contributed by atoms with Crippen molar-refractivity contribution < 1.29 is 0 Å². The fourth-order valence-corrected chi connectivity index (χ4v) is 4.51. The summed E-state index contributed by atoms with van der Waals surface area (Å²) in [6.07, 6.45) is 2.52. The quantitative estimate of drug-likeness (QED) is 0.391. The van der Waals surface area contributed by atoms with Crippen LogP contribution in [0.3, 0.4) is 0 Å². The zero-order chi connectivity index (χ0) is 21.1. The molecule has 154 valence electrons. The van der Waals surface area contributed by atoms with Gasteiger partial charge in [-0.05, 0) is 49.6 Å². The number of H-pyrrole nitrogens is 1. The van der Waals surface area contributed by atoms with Gasteiger partial charge in [0.1, 0.15) is 0 Å². The molecule has 0 atom stereocenters. The number of hydrogen-bond donors (Lipinski definition) is 1. The summed E-state index contributed by atoms with van der Waals surface area (Å²) in [7, 11) is 0. The van der Waals surface area contributed by atoms with Crippen LogP contribution in [-0.4, -0.2) is 27.0 Å². The number of aryl methyl sites for hydroxylation is 1. The molecule has 0 aliphatic rings. The molecule has 0 aliphatic carbocycles. The molecule has 4 aromatic rings. The first kappa shape index (κ1) is 20.6. The lowest BCUT2D eigenvalue weighted by atomic mass is 10.1. The monoisotopic (exact) mass is 438 g/mol. The summed E-state index contributed by atoms with van der Waals surface area (Å²) in [5.41, 5.74) is 4.30. The van der Waals surface area contributed by atoms with Crippen molar-refractivity contribution in [3.05, 3.63) is 80.7 Å². The Hall–Kier alpha value is -2.70. The van der Waals surface area contributed by atoms with Crippen LogP contribution in [0, 0.1) is 0 Å². The number of thiazole rings is 1. The number of benzene rings is 2. The lowest BCUT2D eigenvalue weighted by Crippen LogP contribution is -2.20. The van der Waals surface area contributed by atoms with Gasteiger partial charge in [0.25, 0.3) is 5.56 Å². The van der Waals surface area contributed by atoms with Crippen molar-refractivity contribution >= 4 is 38.9 Å². The Morgan fingerprint density at radius 3 is 2.67 bits per heavy atom. The average molecular weight is 439 g/mol. The van der Waals surface area contributed by atoms with E-state index in [2.05, 4.69) is 17.0 Å². The maximum atomic E-state index is 13.3. The molecule has 2 heterocycles. The molecular weight excluding hydrogens is 416 g/mol. The number of para-hydroxylation sites is 1. The number of fused-ring (bicyclic) bond motifs is 1. The first-order valence-electron chi connectivity index (χ1n) is 10.0. The Morgan fingerprint density at radius 1 is 1.17 bits per heavy atom. The van der Waals surface area contributed by atoms with Crippen LogP contribution in [0.1, 0.15) is 37.1 Å². The van der Waals surface area contributed by atoms with Gasteiger partial charge in [-0.2, -0.15) is 4.68 Å². The van der Waals surface area contributed by atoms with Crippen LogP contribution in [-0.2, 0) is 12.8 Å². The summed E-state index contributed by atoms with van der Waals surface area (Å²) < 4.78 is 2.62. The van der Waals surface area contributed by atoms with Gasteiger partial charge in [0.2, 0.25) is 5.13 Å². The smallest absolute Gasteiger partial charge is 0.282 e. The van der Waals surface area contributed by atoms with Crippen LogP contribution in [0.4, 0.5) is 0 Å². The van der Waals surface area contributed by atoms with E-state index in [9.17, 15) is 4.79 Å². The minimum Gasteiger partial charge on any atom is -0.292 e. The van der Waals surface area contributed by atoms with Crippen molar-refractivity contribution in [3.63, 3.8) is 0 Å². The third-order valence-electron chi connectivity index (χ3n) is 4.96. The number of nitrogens with one attached hydrogen (secondary N) is 1. The van der Waals surface area contributed by atoms with Crippen molar-refractivity contribution in [2.24, 2.45) is 4.99 Å². The minimum absolute atomic E-state index is 0.0924. The summed E-state index contributed by atoms with van der Waals surface area (Å²) in [5, 5.41) is 4.66. The molecule has 0 fully saturated rings. The van der Waals surface area contributed by atoms with Gasteiger partial charge in [-0.1, -0.05) is 60.5 Å². The molecular formula is C23H23ClN4OS. The third-order valence-corrected chi connectivity index (χ3v) is 6.24. The summed E-state index contributed by atoms with van der Waals surface area (Å²) in [6, 6.07) is 15.7. The Balaban J connectivity index is 1.64. The summed E-state index contributed by atoms with van der Waals surface area (Å²) >= 11 is 7.45. The lowest BCUT2D eigenvalue weighted by molar-refractivity contribution is 0.790. The van der Waals surface area contributed by atoms with Gasteiger partial charge in [0, 0.05) is 23.0 Å². The van der Waals surface area contributed by atoms with Gasteiger partial charge in [-0.25, -0.2) is 4.98 Å². The largest absolute Gasteiger partial charge is 0.292 e. The maximum absolute atomic E-state index is 13.3. The highest BCUT2D eigenvalue weighted by Crippen LogP contribution is 2.24. The van der Waals surface area contributed by atoms with E-state index in [0.29, 0.717) is 17.2 Å². The number of aliphatic imine (C=N–C) groups is 1. The van der Waals surface area contributed by atoms with Crippen molar-refractivity contribution in [1.29, 1.82) is 0 Å². The Kier molecular flexibility index (Phi) is 6.16. The van der Waals surface area contributed by atoms with Crippen LogP contribution in [0.15, 0.2) is 58.3 Å². The van der Waals surface area contributed by atoms with E-state index in [1.165, 1.54) is 16.9 Å². The maximum Gasteiger partial charge on any atom is 0.282 e. The van der Waals surface area contributed by atoms with Gasteiger partial charge in [0.15, 0.2) is 0 Å². The topological polar surface area (TPSA) is 63.0 Å². The van der Waals surface area contributed by atoms with Crippen molar-refractivity contribution in [2.45, 2.75) is 33.1 Å². The second-order valence-electron chi connectivity index (χ2n) is 7.16. The summed E-state index contributed by atoms with van der Waals surface area (Å²) in [4.78, 5) is 22.6. The van der Waals surface area contributed by atoms with E-state index in [4.69, 9.17) is 16.6 Å². The van der Waals surface area contributed by atoms with E-state index in [-0.39, 0.29) is 5.56 Å². The fourth-order valence-electron chi connectivity index (χ4n) is 3.46. The van der Waals surface area contributed by atoms with Crippen LogP contribution < -0.4 is 5.56 Å². The second-order valence-corrected chi connectivity index (χ2v) is 8.61. The molecule has 0 radical (unpaired) electrons. The minimum atomic E-state index is -0.0924. The molecule has 1 N–H and O–H groups in total. The predicted octanol–water partition coefficient (Wildman–Crippen LogP) is 5.43. The highest BCUT2D eigenvalue weighted by atomic mass is 35.5. The molecule has 0 amide bonds. The van der Waals surface area contributed by atoms with Crippen molar-refractivity contribution in [1.82, 2.24) is 14.8 Å². The van der Waals surface area contributed by atoms with Crippen LogP contribution >= 0.6 is 22.9 Å². The van der Waals surface area contributed by atoms with Gasteiger partial charge in [0.05, 0.1) is 15.8 Å². The van der Waals surface area contributed by atoms with E-state index in [1.54, 1.807) is 4.68 Å². The SMILES string of the molecule is CCCc1[nH]n(-c2nc3ccccc3s2)c(=O)c1C(C)=NCCc1ccc(Cl)cc1. The second kappa shape index (κ2) is 8.98. The van der Waals surface area contributed by atoms with Gasteiger partial charge in [-0.15, -0.1) is 0 Å². The number of hydrogen-bond acceptors (Lipinski definition) is 4. The first-order chi connectivity index (χ1) is 14.6. The molecule has 5 nitrogen and oxygen atoms in total. The Morgan fingerprint density at radius 2 is 1.93 bits per heavy atom. The van der Waals surface area contributed by atoms with E-state index < -0.39 is 0 Å². The average Bonchev–Trinajstić information content (AvgIpc) is 3.30. The van der Waals surface area contributed by atoms with Gasteiger partial charge >= 0.3 is 0 Å². The van der Waals surface area contributed by atoms with Crippen LogP contribution in [0.2, 0.25) is 5.02 Å². The highest BCUT2D eigenvalue weighted by molar-refractivity contribution is 7.20. The Bertz CT molecular complexity index is 1220. The fraction of sp³-hybridized carbons (Fsp3) is 0.261. The predicted molar refractivity (Wildman–Crippen MR) is 126 cm³/mol. The number of rotatable bonds is 7. The summed E-state index contributed by atoms with van der Waals surface area (Å²) in [6.45, 7) is 4.63. The first-order valence-corrected chi connectivity index (χ1v) is 11.2.